The highest BCUT2D eigenvalue weighted by molar-refractivity contribution is 5.17. The zero-order valence-corrected chi connectivity index (χ0v) is 13.6. The van der Waals surface area contributed by atoms with E-state index >= 15 is 0 Å². The molecule has 0 aliphatic heterocycles. The van der Waals surface area contributed by atoms with Gasteiger partial charge in [0.05, 0.1) is 12.8 Å². The van der Waals surface area contributed by atoms with Crippen LogP contribution in [0.5, 0.6) is 0 Å². The summed E-state index contributed by atoms with van der Waals surface area (Å²) < 4.78 is 5.62. The van der Waals surface area contributed by atoms with Gasteiger partial charge in [-0.15, -0.1) is 0 Å². The van der Waals surface area contributed by atoms with E-state index in [0.29, 0.717) is 0 Å². The average molecular weight is 266 g/mol. The third-order valence-electron chi connectivity index (χ3n) is 3.92. The molecule has 0 radical (unpaired) electrons. The van der Waals surface area contributed by atoms with E-state index in [1.54, 1.807) is 6.26 Å². The Hall–Kier alpha value is -0.800. The fraction of sp³-hybridized carbons (Fsp3) is 0.750. The Morgan fingerprint density at radius 1 is 1.21 bits per heavy atom. The molecular weight excluding hydrogens is 236 g/mol. The first kappa shape index (κ1) is 16.3. The zero-order valence-electron chi connectivity index (χ0n) is 13.6. The van der Waals surface area contributed by atoms with Crippen molar-refractivity contribution in [2.45, 2.75) is 72.1 Å². The van der Waals surface area contributed by atoms with Crippen LogP contribution in [0.4, 0.5) is 0 Å². The van der Waals surface area contributed by atoms with Crippen molar-refractivity contribution < 1.29 is 4.42 Å². The summed E-state index contributed by atoms with van der Waals surface area (Å²) in [5, 5.41) is 3.48. The van der Waals surface area contributed by atoms with Crippen molar-refractivity contribution >= 4 is 0 Å². The van der Waals surface area contributed by atoms with Gasteiger partial charge in [0, 0.05) is 23.2 Å². The van der Waals surface area contributed by atoms with Crippen LogP contribution in [0.1, 0.15) is 59.3 Å². The van der Waals surface area contributed by atoms with E-state index in [1.165, 1.54) is 5.56 Å². The van der Waals surface area contributed by atoms with E-state index < -0.39 is 0 Å². The van der Waals surface area contributed by atoms with Gasteiger partial charge in [-0.3, -0.25) is 4.90 Å². The minimum Gasteiger partial charge on any atom is -0.468 e. The van der Waals surface area contributed by atoms with Crippen LogP contribution in [0.2, 0.25) is 0 Å². The largest absolute Gasteiger partial charge is 0.468 e. The molecule has 0 atom stereocenters. The van der Waals surface area contributed by atoms with Crippen LogP contribution in [-0.2, 0) is 13.1 Å². The molecule has 1 aromatic heterocycles. The highest BCUT2D eigenvalue weighted by atomic mass is 16.3. The Bertz CT molecular complexity index is 388. The predicted molar refractivity (Wildman–Crippen MR) is 81.1 cm³/mol. The van der Waals surface area contributed by atoms with Gasteiger partial charge in [-0.05, 0) is 54.2 Å². The van der Waals surface area contributed by atoms with Gasteiger partial charge in [-0.25, -0.2) is 0 Å². The van der Waals surface area contributed by atoms with Crippen LogP contribution in [-0.4, -0.2) is 23.0 Å². The molecule has 0 aliphatic carbocycles. The summed E-state index contributed by atoms with van der Waals surface area (Å²) in [6.07, 6.45) is 2.93. The number of furan rings is 1. The summed E-state index contributed by atoms with van der Waals surface area (Å²) in [7, 11) is 2.18. The van der Waals surface area contributed by atoms with Gasteiger partial charge in [0.25, 0.3) is 0 Å². The van der Waals surface area contributed by atoms with E-state index in [-0.39, 0.29) is 11.1 Å². The minimum absolute atomic E-state index is 0.110. The van der Waals surface area contributed by atoms with E-state index in [2.05, 4.69) is 64.9 Å². The summed E-state index contributed by atoms with van der Waals surface area (Å²) in [6, 6.07) is 2.09. The SMILES string of the molecule is CCC(C)(C)N(C)Cc1ccoc1CNC(C)(C)C. The number of hydrogen-bond acceptors (Lipinski definition) is 3. The molecule has 1 N–H and O–H groups in total. The molecule has 0 fully saturated rings. The molecule has 0 unspecified atom stereocenters. The van der Waals surface area contributed by atoms with Gasteiger partial charge in [-0.2, -0.15) is 0 Å². The summed E-state index contributed by atoms with van der Waals surface area (Å²) in [6.45, 7) is 15.0. The van der Waals surface area contributed by atoms with Crippen LogP contribution in [0.3, 0.4) is 0 Å². The minimum atomic E-state index is 0.110. The maximum absolute atomic E-state index is 5.62. The number of nitrogens with one attached hydrogen (secondary N) is 1. The van der Waals surface area contributed by atoms with Gasteiger partial charge in [0.15, 0.2) is 0 Å². The molecule has 0 aromatic carbocycles. The van der Waals surface area contributed by atoms with Crippen molar-refractivity contribution in [2.75, 3.05) is 7.05 Å². The third-order valence-corrected chi connectivity index (χ3v) is 3.92. The van der Waals surface area contributed by atoms with Gasteiger partial charge in [0.2, 0.25) is 0 Å². The van der Waals surface area contributed by atoms with Gasteiger partial charge < -0.3 is 9.73 Å². The molecular formula is C16H30N2O. The number of nitrogens with zero attached hydrogens (tertiary/aromatic N) is 1. The first-order chi connectivity index (χ1) is 8.65. The van der Waals surface area contributed by atoms with Gasteiger partial charge >= 0.3 is 0 Å². The molecule has 3 nitrogen and oxygen atoms in total. The van der Waals surface area contributed by atoms with Crippen molar-refractivity contribution in [2.24, 2.45) is 0 Å². The van der Waals surface area contributed by atoms with Crippen molar-refractivity contribution in [3.63, 3.8) is 0 Å². The quantitative estimate of drug-likeness (QED) is 0.849. The molecule has 0 amide bonds. The lowest BCUT2D eigenvalue weighted by molar-refractivity contribution is 0.142. The van der Waals surface area contributed by atoms with E-state index in [1.807, 2.05) is 0 Å². The maximum atomic E-state index is 5.62. The van der Waals surface area contributed by atoms with Crippen LogP contribution in [0, 0.1) is 0 Å². The summed E-state index contributed by atoms with van der Waals surface area (Å²) in [4.78, 5) is 2.39. The Kier molecular flexibility index (Phi) is 5.22. The molecule has 0 spiro atoms. The van der Waals surface area contributed by atoms with E-state index in [9.17, 15) is 0 Å². The fourth-order valence-electron chi connectivity index (χ4n) is 1.75. The Balaban J connectivity index is 2.68. The lowest BCUT2D eigenvalue weighted by Gasteiger charge is -2.34. The summed E-state index contributed by atoms with van der Waals surface area (Å²) in [5.74, 6) is 1.05. The fourth-order valence-corrected chi connectivity index (χ4v) is 1.75. The Labute approximate surface area is 118 Å². The molecule has 1 rings (SSSR count). The first-order valence-corrected chi connectivity index (χ1v) is 7.17. The second-order valence-electron chi connectivity index (χ2n) is 6.99. The van der Waals surface area contributed by atoms with E-state index in [4.69, 9.17) is 4.42 Å². The Morgan fingerprint density at radius 2 is 1.84 bits per heavy atom. The van der Waals surface area contributed by atoms with Crippen LogP contribution < -0.4 is 5.32 Å². The number of rotatable bonds is 6. The standard InChI is InChI=1S/C16H30N2O/c1-8-16(5,6)18(7)12-13-9-10-19-14(13)11-17-15(2,3)4/h9-10,17H,8,11-12H2,1-7H3. The Morgan fingerprint density at radius 3 is 2.37 bits per heavy atom. The highest BCUT2D eigenvalue weighted by Gasteiger charge is 2.22. The topological polar surface area (TPSA) is 28.4 Å². The molecule has 19 heavy (non-hydrogen) atoms. The molecule has 0 saturated carbocycles. The highest BCUT2D eigenvalue weighted by Crippen LogP contribution is 2.21. The van der Waals surface area contributed by atoms with Crippen molar-refractivity contribution in [1.82, 2.24) is 10.2 Å². The normalized spacial score (nSPS) is 13.3. The predicted octanol–water partition coefficient (Wildman–Crippen LogP) is 3.79. The molecule has 0 bridgehead atoms. The molecule has 1 aromatic rings. The van der Waals surface area contributed by atoms with Crippen LogP contribution in [0.15, 0.2) is 16.7 Å². The smallest absolute Gasteiger partial charge is 0.122 e. The third kappa shape index (κ3) is 5.00. The zero-order chi connectivity index (χ0) is 14.7. The lowest BCUT2D eigenvalue weighted by atomic mass is 9.99. The van der Waals surface area contributed by atoms with Gasteiger partial charge in [-0.1, -0.05) is 6.92 Å². The maximum Gasteiger partial charge on any atom is 0.122 e. The molecule has 1 heterocycles. The van der Waals surface area contributed by atoms with Crippen molar-refractivity contribution in [1.29, 1.82) is 0 Å². The second kappa shape index (κ2) is 6.10. The van der Waals surface area contributed by atoms with Crippen LogP contribution >= 0.6 is 0 Å². The molecule has 110 valence electrons. The van der Waals surface area contributed by atoms with Crippen molar-refractivity contribution in [3.8, 4) is 0 Å². The van der Waals surface area contributed by atoms with E-state index in [0.717, 1.165) is 25.3 Å². The average Bonchev–Trinajstić information content (AvgIpc) is 2.73. The molecule has 0 aliphatic rings. The second-order valence-corrected chi connectivity index (χ2v) is 6.99. The van der Waals surface area contributed by atoms with Crippen LogP contribution in [0.25, 0.3) is 0 Å². The van der Waals surface area contributed by atoms with Gasteiger partial charge in [0.1, 0.15) is 5.76 Å². The molecule has 3 heteroatoms. The summed E-state index contributed by atoms with van der Waals surface area (Å²) >= 11 is 0. The number of hydrogen-bond donors (Lipinski definition) is 1. The monoisotopic (exact) mass is 266 g/mol. The lowest BCUT2D eigenvalue weighted by Crippen LogP contribution is -2.40. The first-order valence-electron chi connectivity index (χ1n) is 7.17. The van der Waals surface area contributed by atoms with Crippen molar-refractivity contribution in [3.05, 3.63) is 23.7 Å². The molecule has 0 saturated heterocycles. The summed E-state index contributed by atoms with van der Waals surface area (Å²) in [5.41, 5.74) is 1.60.